The number of rotatable bonds is 6. The Bertz CT molecular complexity index is 1520. The molecule has 6 rings (SSSR count). The maximum absolute atomic E-state index is 13.1. The first-order valence-electron chi connectivity index (χ1n) is 12.3. The second kappa shape index (κ2) is 8.37. The molecule has 2 amide bonds. The lowest BCUT2D eigenvalue weighted by atomic mass is 9.99. The molecular formula is C27H28N4O5. The number of aryl methyl sites for hydroxylation is 2. The number of nitrogens with one attached hydrogen (secondary N) is 1. The van der Waals surface area contributed by atoms with Gasteiger partial charge < -0.3 is 24.5 Å². The van der Waals surface area contributed by atoms with Gasteiger partial charge in [0.25, 0.3) is 11.8 Å². The molecular weight excluding hydrogens is 460 g/mol. The van der Waals surface area contributed by atoms with Gasteiger partial charge in [0.15, 0.2) is 5.75 Å². The summed E-state index contributed by atoms with van der Waals surface area (Å²) in [5.74, 6) is 2.00. The molecule has 9 heteroatoms. The van der Waals surface area contributed by atoms with Crippen LogP contribution in [0.5, 0.6) is 11.5 Å². The van der Waals surface area contributed by atoms with Crippen molar-refractivity contribution in [3.05, 3.63) is 59.1 Å². The standard InChI is InChI=1S/C27H28N4O5/c1-14-20(27(34)30-13-21(32)15(30)2)12-31-25(14)22(8-9-29-31)36-18-6-7-19-23(10-18)35-16(3)24(19)26(33)28-11-17-4-5-17/h6-10,12,15,17,21,32H,4-5,11,13H2,1-3H3,(H,28,33)/t15-,21-/m0/s1. The van der Waals surface area contributed by atoms with E-state index in [1.165, 1.54) is 12.8 Å². The Morgan fingerprint density at radius 1 is 1.25 bits per heavy atom. The zero-order valence-electron chi connectivity index (χ0n) is 20.4. The van der Waals surface area contributed by atoms with E-state index in [9.17, 15) is 14.7 Å². The van der Waals surface area contributed by atoms with Crippen molar-refractivity contribution in [3.63, 3.8) is 0 Å². The maximum Gasteiger partial charge on any atom is 0.256 e. The number of aliphatic hydroxyl groups excluding tert-OH is 1. The molecule has 0 spiro atoms. The highest BCUT2D eigenvalue weighted by Gasteiger charge is 2.38. The highest BCUT2D eigenvalue weighted by molar-refractivity contribution is 6.07. The number of hydrogen-bond donors (Lipinski definition) is 2. The minimum absolute atomic E-state index is 0.118. The van der Waals surface area contributed by atoms with E-state index in [2.05, 4.69) is 10.4 Å². The van der Waals surface area contributed by atoms with Gasteiger partial charge in [-0.2, -0.15) is 5.10 Å². The van der Waals surface area contributed by atoms with Crippen LogP contribution < -0.4 is 10.1 Å². The third-order valence-corrected chi connectivity index (χ3v) is 7.35. The van der Waals surface area contributed by atoms with Gasteiger partial charge in [0.05, 0.1) is 29.5 Å². The van der Waals surface area contributed by atoms with Crippen molar-refractivity contribution in [2.45, 2.75) is 45.8 Å². The number of nitrogens with zero attached hydrogens (tertiary/aromatic N) is 3. The van der Waals surface area contributed by atoms with E-state index >= 15 is 0 Å². The molecule has 2 N–H and O–H groups in total. The minimum Gasteiger partial charge on any atom is -0.460 e. The van der Waals surface area contributed by atoms with Gasteiger partial charge in [-0.05, 0) is 57.2 Å². The number of ether oxygens (including phenoxy) is 1. The lowest BCUT2D eigenvalue weighted by molar-refractivity contribution is -0.0357. The van der Waals surface area contributed by atoms with Crippen LogP contribution in [-0.2, 0) is 0 Å². The Balaban J connectivity index is 1.29. The first kappa shape index (κ1) is 22.6. The zero-order chi connectivity index (χ0) is 25.1. The quantitative estimate of drug-likeness (QED) is 0.427. The molecule has 1 aromatic carbocycles. The molecule has 1 saturated heterocycles. The van der Waals surface area contributed by atoms with E-state index in [-0.39, 0.29) is 17.9 Å². The first-order chi connectivity index (χ1) is 17.3. The van der Waals surface area contributed by atoms with Crippen molar-refractivity contribution in [2.24, 2.45) is 5.92 Å². The smallest absolute Gasteiger partial charge is 0.256 e. The number of aromatic nitrogens is 2. The number of benzene rings is 1. The van der Waals surface area contributed by atoms with Crippen molar-refractivity contribution in [2.75, 3.05) is 13.1 Å². The molecule has 4 aromatic rings. The number of hydrogen-bond acceptors (Lipinski definition) is 6. The molecule has 36 heavy (non-hydrogen) atoms. The lowest BCUT2D eigenvalue weighted by Crippen LogP contribution is -2.60. The van der Waals surface area contributed by atoms with Crippen LogP contribution in [0, 0.1) is 19.8 Å². The molecule has 3 aromatic heterocycles. The minimum atomic E-state index is -0.492. The van der Waals surface area contributed by atoms with Crippen molar-refractivity contribution in [1.82, 2.24) is 19.8 Å². The van der Waals surface area contributed by atoms with E-state index < -0.39 is 6.10 Å². The van der Waals surface area contributed by atoms with Crippen LogP contribution in [0.2, 0.25) is 0 Å². The van der Waals surface area contributed by atoms with Gasteiger partial charge in [0.2, 0.25) is 0 Å². The van der Waals surface area contributed by atoms with Crippen molar-refractivity contribution in [3.8, 4) is 11.5 Å². The Labute approximate surface area is 207 Å². The number of aliphatic hydroxyl groups is 1. The fourth-order valence-electron chi connectivity index (χ4n) is 4.85. The molecule has 9 nitrogen and oxygen atoms in total. The average molecular weight is 489 g/mol. The number of likely N-dealkylation sites (tertiary alicyclic amines) is 1. The van der Waals surface area contributed by atoms with Crippen LogP contribution in [0.4, 0.5) is 0 Å². The highest BCUT2D eigenvalue weighted by atomic mass is 16.5. The summed E-state index contributed by atoms with van der Waals surface area (Å²) in [5.41, 5.74) is 3.09. The third kappa shape index (κ3) is 3.71. The van der Waals surface area contributed by atoms with Crippen LogP contribution >= 0.6 is 0 Å². The fourth-order valence-corrected chi connectivity index (χ4v) is 4.85. The number of β-amino-alcohol motifs (C(OH)–C–C–N with tert-alkyl or cyclic N) is 1. The summed E-state index contributed by atoms with van der Waals surface area (Å²) in [4.78, 5) is 27.5. The summed E-state index contributed by atoms with van der Waals surface area (Å²) in [6.07, 6.45) is 5.16. The molecule has 1 saturated carbocycles. The molecule has 0 unspecified atom stereocenters. The number of amides is 2. The predicted molar refractivity (Wildman–Crippen MR) is 133 cm³/mol. The Hall–Kier alpha value is -3.85. The van der Waals surface area contributed by atoms with Crippen molar-refractivity contribution in [1.29, 1.82) is 0 Å². The first-order valence-corrected chi connectivity index (χ1v) is 12.3. The van der Waals surface area contributed by atoms with Gasteiger partial charge in [-0.15, -0.1) is 0 Å². The SMILES string of the molecule is Cc1oc2cc(Oc3ccnn4cc(C(=O)N5C[C@H](O)[C@@H]5C)c(C)c34)ccc2c1C(=O)NCC1CC1. The number of fused-ring (bicyclic) bond motifs is 2. The maximum atomic E-state index is 13.1. The molecule has 0 bridgehead atoms. The third-order valence-electron chi connectivity index (χ3n) is 7.35. The summed E-state index contributed by atoms with van der Waals surface area (Å²) in [6.45, 7) is 6.51. The summed E-state index contributed by atoms with van der Waals surface area (Å²) in [6, 6.07) is 6.94. The summed E-state index contributed by atoms with van der Waals surface area (Å²) in [7, 11) is 0. The van der Waals surface area contributed by atoms with E-state index in [4.69, 9.17) is 9.15 Å². The van der Waals surface area contributed by atoms with E-state index in [0.29, 0.717) is 58.5 Å². The highest BCUT2D eigenvalue weighted by Crippen LogP contribution is 2.35. The summed E-state index contributed by atoms with van der Waals surface area (Å²) in [5, 5.41) is 17.9. The Kier molecular flexibility index (Phi) is 5.26. The average Bonchev–Trinajstić information content (AvgIpc) is 3.55. The topological polar surface area (TPSA) is 109 Å². The molecule has 1 aliphatic heterocycles. The summed E-state index contributed by atoms with van der Waals surface area (Å²) < 4.78 is 13.8. The van der Waals surface area contributed by atoms with Crippen molar-refractivity contribution >= 4 is 28.3 Å². The molecule has 0 radical (unpaired) electrons. The summed E-state index contributed by atoms with van der Waals surface area (Å²) >= 11 is 0. The monoisotopic (exact) mass is 488 g/mol. The number of furan rings is 1. The van der Waals surface area contributed by atoms with E-state index in [1.54, 1.807) is 46.9 Å². The van der Waals surface area contributed by atoms with Gasteiger partial charge in [-0.3, -0.25) is 9.59 Å². The van der Waals surface area contributed by atoms with Crippen LogP contribution in [0.3, 0.4) is 0 Å². The van der Waals surface area contributed by atoms with E-state index in [0.717, 1.165) is 10.9 Å². The Morgan fingerprint density at radius 3 is 2.78 bits per heavy atom. The van der Waals surface area contributed by atoms with Gasteiger partial charge in [-0.1, -0.05) is 0 Å². The normalized spacial score (nSPS) is 19.5. The van der Waals surface area contributed by atoms with Gasteiger partial charge in [0, 0.05) is 36.8 Å². The predicted octanol–water partition coefficient (Wildman–Crippen LogP) is 3.83. The lowest BCUT2D eigenvalue weighted by Gasteiger charge is -2.43. The van der Waals surface area contributed by atoms with Crippen molar-refractivity contribution < 1.29 is 23.8 Å². The molecule has 1 aliphatic carbocycles. The fraction of sp³-hybridized carbons (Fsp3) is 0.370. The van der Waals surface area contributed by atoms with Gasteiger partial charge in [0.1, 0.15) is 22.6 Å². The van der Waals surface area contributed by atoms with Gasteiger partial charge in [-0.25, -0.2) is 4.52 Å². The van der Waals surface area contributed by atoms with Crippen LogP contribution in [0.1, 0.15) is 51.8 Å². The molecule has 2 aliphatic rings. The van der Waals surface area contributed by atoms with E-state index in [1.807, 2.05) is 19.9 Å². The molecule has 2 atom stereocenters. The van der Waals surface area contributed by atoms with Gasteiger partial charge >= 0.3 is 0 Å². The molecule has 186 valence electrons. The Morgan fingerprint density at radius 2 is 2.06 bits per heavy atom. The van der Waals surface area contributed by atoms with Crippen LogP contribution in [0.25, 0.3) is 16.5 Å². The van der Waals surface area contributed by atoms with Crippen LogP contribution in [0.15, 0.2) is 41.1 Å². The number of carbonyl (C=O) groups excluding carboxylic acids is 2. The second-order valence-corrected chi connectivity index (χ2v) is 9.87. The largest absolute Gasteiger partial charge is 0.460 e. The number of carbonyl (C=O) groups is 2. The zero-order valence-corrected chi connectivity index (χ0v) is 20.4. The molecule has 2 fully saturated rings. The second-order valence-electron chi connectivity index (χ2n) is 9.87. The molecule has 4 heterocycles. The van der Waals surface area contributed by atoms with Crippen LogP contribution in [-0.4, -0.2) is 56.7 Å².